The van der Waals surface area contributed by atoms with Gasteiger partial charge in [-0.3, -0.25) is 14.8 Å². The van der Waals surface area contributed by atoms with E-state index in [9.17, 15) is 22.9 Å². The highest BCUT2D eigenvalue weighted by Crippen LogP contribution is 2.29. The second-order valence-corrected chi connectivity index (χ2v) is 6.97. The van der Waals surface area contributed by atoms with Crippen LogP contribution in [0.5, 0.6) is 0 Å². The molecule has 2 aromatic rings. The summed E-state index contributed by atoms with van der Waals surface area (Å²) in [5.41, 5.74) is 0.449. The zero-order valence-electron chi connectivity index (χ0n) is 12.5. The smallest absolute Gasteiger partial charge is 0.289 e. The van der Waals surface area contributed by atoms with E-state index in [2.05, 4.69) is 10.0 Å². The Balaban J connectivity index is 2.01. The van der Waals surface area contributed by atoms with Crippen LogP contribution in [-0.2, 0) is 23.0 Å². The number of nitrogens with one attached hydrogen (secondary N) is 2. The zero-order valence-corrected chi connectivity index (χ0v) is 13.3. The Morgan fingerprint density at radius 2 is 1.96 bits per heavy atom. The van der Waals surface area contributed by atoms with E-state index in [1.54, 1.807) is 6.07 Å². The number of anilines is 1. The van der Waals surface area contributed by atoms with Gasteiger partial charge < -0.3 is 5.32 Å². The standard InChI is InChI=1S/C15H14FN3O4S/c16-15-11-7-8-17-9-10(11)5-6-12(15)18-24(22,23)14-4-2-1-3-13(14)19(20)21/h1-6,17-18H,7-9H2. The molecule has 0 aliphatic carbocycles. The van der Waals surface area contributed by atoms with Gasteiger partial charge in [0.05, 0.1) is 10.6 Å². The van der Waals surface area contributed by atoms with Crippen molar-refractivity contribution in [2.75, 3.05) is 11.3 Å². The maximum Gasteiger partial charge on any atom is 0.289 e. The molecule has 9 heteroatoms. The lowest BCUT2D eigenvalue weighted by Gasteiger charge is -2.19. The van der Waals surface area contributed by atoms with Gasteiger partial charge in [-0.1, -0.05) is 18.2 Å². The Morgan fingerprint density at radius 3 is 2.71 bits per heavy atom. The third kappa shape index (κ3) is 2.95. The van der Waals surface area contributed by atoms with Gasteiger partial charge in [-0.2, -0.15) is 0 Å². The number of benzene rings is 2. The molecule has 0 spiro atoms. The fourth-order valence-electron chi connectivity index (χ4n) is 2.65. The number of hydrogen-bond acceptors (Lipinski definition) is 5. The van der Waals surface area contributed by atoms with Gasteiger partial charge >= 0.3 is 0 Å². The van der Waals surface area contributed by atoms with Crippen LogP contribution in [0.4, 0.5) is 15.8 Å². The van der Waals surface area contributed by atoms with Crippen LogP contribution in [0.3, 0.4) is 0 Å². The summed E-state index contributed by atoms with van der Waals surface area (Å²) in [6.45, 7) is 1.12. The number of sulfonamides is 1. The predicted octanol–water partition coefficient (Wildman–Crippen LogP) is 2.18. The van der Waals surface area contributed by atoms with E-state index < -0.39 is 31.3 Å². The molecule has 0 saturated carbocycles. The van der Waals surface area contributed by atoms with Gasteiger partial charge in [0.1, 0.15) is 0 Å². The van der Waals surface area contributed by atoms with Crippen LogP contribution in [0.15, 0.2) is 41.3 Å². The Hall–Kier alpha value is -2.52. The monoisotopic (exact) mass is 351 g/mol. The molecule has 0 saturated heterocycles. The maximum atomic E-state index is 14.6. The quantitative estimate of drug-likeness (QED) is 0.649. The average Bonchev–Trinajstić information content (AvgIpc) is 2.57. The number of nitro groups is 1. The number of halogens is 1. The minimum absolute atomic E-state index is 0.214. The highest BCUT2D eigenvalue weighted by Gasteiger charge is 2.27. The molecule has 1 heterocycles. The summed E-state index contributed by atoms with van der Waals surface area (Å²) in [4.78, 5) is 9.72. The van der Waals surface area contributed by atoms with E-state index >= 15 is 0 Å². The van der Waals surface area contributed by atoms with Crippen molar-refractivity contribution in [3.8, 4) is 0 Å². The van der Waals surface area contributed by atoms with E-state index in [0.717, 1.165) is 17.7 Å². The first kappa shape index (κ1) is 16.3. The van der Waals surface area contributed by atoms with Crippen LogP contribution in [0.25, 0.3) is 0 Å². The molecule has 0 radical (unpaired) electrons. The SMILES string of the molecule is O=[N+]([O-])c1ccccc1S(=O)(=O)Nc1ccc2c(c1F)CCNC2. The second kappa shape index (κ2) is 6.17. The number of nitro benzene ring substituents is 1. The van der Waals surface area contributed by atoms with Gasteiger partial charge in [0.25, 0.3) is 15.7 Å². The van der Waals surface area contributed by atoms with Gasteiger partial charge in [0.2, 0.25) is 0 Å². The molecule has 0 aromatic heterocycles. The van der Waals surface area contributed by atoms with Crippen molar-refractivity contribution >= 4 is 21.4 Å². The molecular formula is C15H14FN3O4S. The van der Waals surface area contributed by atoms with E-state index in [0.29, 0.717) is 25.1 Å². The first-order valence-electron chi connectivity index (χ1n) is 7.17. The number of nitrogens with zero attached hydrogens (tertiary/aromatic N) is 1. The Labute approximate surface area is 137 Å². The molecular weight excluding hydrogens is 337 g/mol. The predicted molar refractivity (Wildman–Crippen MR) is 85.7 cm³/mol. The van der Waals surface area contributed by atoms with Crippen molar-refractivity contribution in [1.29, 1.82) is 0 Å². The normalized spacial score (nSPS) is 14.0. The molecule has 7 nitrogen and oxygen atoms in total. The topological polar surface area (TPSA) is 101 Å². The summed E-state index contributed by atoms with van der Waals surface area (Å²) in [7, 11) is -4.29. The Kier molecular flexibility index (Phi) is 4.20. The lowest BCUT2D eigenvalue weighted by Crippen LogP contribution is -2.25. The minimum atomic E-state index is -4.29. The fraction of sp³-hybridized carbons (Fsp3) is 0.200. The third-order valence-corrected chi connectivity index (χ3v) is 5.22. The molecule has 0 amide bonds. The summed E-state index contributed by atoms with van der Waals surface area (Å²) in [5, 5.41) is 14.1. The number of rotatable bonds is 4. The van der Waals surface area contributed by atoms with Crippen LogP contribution in [0.2, 0.25) is 0 Å². The van der Waals surface area contributed by atoms with Crippen molar-refractivity contribution in [2.24, 2.45) is 0 Å². The second-order valence-electron chi connectivity index (χ2n) is 5.32. The molecule has 2 N–H and O–H groups in total. The summed E-state index contributed by atoms with van der Waals surface area (Å²) >= 11 is 0. The van der Waals surface area contributed by atoms with Gasteiger partial charge in [0, 0.05) is 12.6 Å². The minimum Gasteiger partial charge on any atom is -0.312 e. The Morgan fingerprint density at radius 1 is 1.21 bits per heavy atom. The van der Waals surface area contributed by atoms with E-state index in [1.807, 2.05) is 0 Å². The molecule has 24 heavy (non-hydrogen) atoms. The summed E-state index contributed by atoms with van der Waals surface area (Å²) in [5.74, 6) is -0.642. The third-order valence-electron chi connectivity index (χ3n) is 3.80. The van der Waals surface area contributed by atoms with Crippen LogP contribution in [-0.4, -0.2) is 19.9 Å². The van der Waals surface area contributed by atoms with Crippen molar-refractivity contribution < 1.29 is 17.7 Å². The highest BCUT2D eigenvalue weighted by molar-refractivity contribution is 7.92. The van der Waals surface area contributed by atoms with E-state index in [-0.39, 0.29) is 5.69 Å². The molecule has 1 aliphatic rings. The van der Waals surface area contributed by atoms with Crippen molar-refractivity contribution in [3.05, 3.63) is 63.5 Å². The maximum absolute atomic E-state index is 14.6. The van der Waals surface area contributed by atoms with Crippen molar-refractivity contribution in [3.63, 3.8) is 0 Å². The van der Waals surface area contributed by atoms with Gasteiger partial charge in [0.15, 0.2) is 10.7 Å². The Bertz CT molecular complexity index is 915. The number of para-hydroxylation sites is 1. The molecule has 3 rings (SSSR count). The lowest BCUT2D eigenvalue weighted by atomic mass is 10.00. The highest BCUT2D eigenvalue weighted by atomic mass is 32.2. The molecule has 126 valence electrons. The van der Waals surface area contributed by atoms with Crippen molar-refractivity contribution in [1.82, 2.24) is 5.32 Å². The largest absolute Gasteiger partial charge is 0.312 e. The molecule has 0 fully saturated rings. The van der Waals surface area contributed by atoms with Crippen LogP contribution in [0.1, 0.15) is 11.1 Å². The van der Waals surface area contributed by atoms with Crippen LogP contribution >= 0.6 is 0 Å². The van der Waals surface area contributed by atoms with E-state index in [4.69, 9.17) is 0 Å². The summed E-state index contributed by atoms with van der Waals surface area (Å²) < 4.78 is 41.6. The molecule has 0 bridgehead atoms. The number of fused-ring (bicyclic) bond motifs is 1. The van der Waals surface area contributed by atoms with Crippen LogP contribution in [0, 0.1) is 15.9 Å². The van der Waals surface area contributed by atoms with Gasteiger partial charge in [-0.25, -0.2) is 12.8 Å². The first-order chi connectivity index (χ1) is 11.4. The summed E-state index contributed by atoms with van der Waals surface area (Å²) in [6.07, 6.45) is 0.447. The zero-order chi connectivity index (χ0) is 17.3. The first-order valence-corrected chi connectivity index (χ1v) is 8.65. The fourth-order valence-corrected chi connectivity index (χ4v) is 3.88. The molecule has 2 aromatic carbocycles. The number of hydrogen-bond donors (Lipinski definition) is 2. The van der Waals surface area contributed by atoms with Crippen LogP contribution < -0.4 is 10.0 Å². The lowest BCUT2D eigenvalue weighted by molar-refractivity contribution is -0.387. The van der Waals surface area contributed by atoms with Gasteiger partial charge in [-0.05, 0) is 36.2 Å². The average molecular weight is 351 g/mol. The van der Waals surface area contributed by atoms with Gasteiger partial charge in [-0.15, -0.1) is 0 Å². The summed E-state index contributed by atoms with van der Waals surface area (Å²) in [6, 6.07) is 7.90. The van der Waals surface area contributed by atoms with E-state index in [1.165, 1.54) is 18.2 Å². The molecule has 0 atom stereocenters. The van der Waals surface area contributed by atoms with Crippen molar-refractivity contribution in [2.45, 2.75) is 17.9 Å². The molecule has 0 unspecified atom stereocenters. The molecule has 1 aliphatic heterocycles.